The Bertz CT molecular complexity index is 135. The Morgan fingerprint density at radius 1 is 1.00 bits per heavy atom. The lowest BCUT2D eigenvalue weighted by atomic mass is 9.95. The second kappa shape index (κ2) is 8.12. The van der Waals surface area contributed by atoms with E-state index < -0.39 is 0 Å². The molecule has 1 atom stereocenters. The van der Waals surface area contributed by atoms with Gasteiger partial charge in [-0.2, -0.15) is 0 Å². The van der Waals surface area contributed by atoms with E-state index in [1.165, 1.54) is 12.8 Å². The van der Waals surface area contributed by atoms with Gasteiger partial charge in [0.15, 0.2) is 0 Å². The third-order valence-electron chi connectivity index (χ3n) is 2.63. The van der Waals surface area contributed by atoms with Crippen LogP contribution < -0.4 is 5.32 Å². The van der Waals surface area contributed by atoms with Crippen molar-refractivity contribution in [1.82, 2.24) is 5.32 Å². The zero-order chi connectivity index (χ0) is 11.8. The van der Waals surface area contributed by atoms with Crippen LogP contribution >= 0.6 is 0 Å². The van der Waals surface area contributed by atoms with Crippen molar-refractivity contribution in [3.63, 3.8) is 0 Å². The minimum atomic E-state index is -0.188. The quantitative estimate of drug-likeness (QED) is 0.652. The summed E-state index contributed by atoms with van der Waals surface area (Å²) in [6, 6.07) is 0.561. The molecule has 15 heavy (non-hydrogen) atoms. The van der Waals surface area contributed by atoms with Gasteiger partial charge in [0.05, 0.1) is 6.10 Å². The molecule has 0 radical (unpaired) electrons. The standard InChI is InChI=1S/C13H29NO/c1-6-13(15)9-14-12(7-10(2)3)8-11(4)5/h10-15H,6-9H2,1-5H3. The molecule has 0 fully saturated rings. The normalized spacial score (nSPS) is 14.2. The monoisotopic (exact) mass is 215 g/mol. The topological polar surface area (TPSA) is 32.3 Å². The number of hydrogen-bond donors (Lipinski definition) is 2. The second-order valence-corrected chi connectivity index (χ2v) is 5.43. The number of nitrogens with one attached hydrogen (secondary N) is 1. The van der Waals surface area contributed by atoms with Crippen LogP contribution in [0.3, 0.4) is 0 Å². The third-order valence-corrected chi connectivity index (χ3v) is 2.63. The SMILES string of the molecule is CCC(O)CNC(CC(C)C)CC(C)C. The van der Waals surface area contributed by atoms with Crippen molar-refractivity contribution in [2.24, 2.45) is 11.8 Å². The molecule has 0 aliphatic carbocycles. The van der Waals surface area contributed by atoms with E-state index in [9.17, 15) is 5.11 Å². The van der Waals surface area contributed by atoms with Gasteiger partial charge in [0, 0.05) is 12.6 Å². The molecule has 0 aromatic heterocycles. The van der Waals surface area contributed by atoms with E-state index in [0.29, 0.717) is 6.04 Å². The fourth-order valence-electron chi connectivity index (χ4n) is 1.85. The molecule has 0 amide bonds. The van der Waals surface area contributed by atoms with E-state index in [-0.39, 0.29) is 6.10 Å². The summed E-state index contributed by atoms with van der Waals surface area (Å²) in [4.78, 5) is 0. The molecule has 0 aromatic rings. The van der Waals surface area contributed by atoms with Gasteiger partial charge in [-0.05, 0) is 31.1 Å². The molecule has 92 valence electrons. The minimum absolute atomic E-state index is 0.188. The fraction of sp³-hybridized carbons (Fsp3) is 1.00. The van der Waals surface area contributed by atoms with Crippen LogP contribution in [-0.2, 0) is 0 Å². The van der Waals surface area contributed by atoms with Crippen LogP contribution in [-0.4, -0.2) is 23.8 Å². The molecule has 0 bridgehead atoms. The van der Waals surface area contributed by atoms with Gasteiger partial charge in [-0.1, -0.05) is 34.6 Å². The smallest absolute Gasteiger partial charge is 0.0662 e. The Morgan fingerprint density at radius 3 is 1.80 bits per heavy atom. The van der Waals surface area contributed by atoms with E-state index in [4.69, 9.17) is 0 Å². The van der Waals surface area contributed by atoms with Gasteiger partial charge in [-0.25, -0.2) is 0 Å². The van der Waals surface area contributed by atoms with Crippen LogP contribution in [0.25, 0.3) is 0 Å². The summed E-state index contributed by atoms with van der Waals surface area (Å²) in [5, 5.41) is 13.0. The molecule has 0 aliphatic rings. The van der Waals surface area contributed by atoms with E-state index in [1.807, 2.05) is 6.92 Å². The van der Waals surface area contributed by atoms with Gasteiger partial charge in [0.2, 0.25) is 0 Å². The van der Waals surface area contributed by atoms with Crippen molar-refractivity contribution in [2.45, 2.75) is 66.0 Å². The van der Waals surface area contributed by atoms with E-state index >= 15 is 0 Å². The Morgan fingerprint density at radius 2 is 1.47 bits per heavy atom. The number of aliphatic hydroxyl groups is 1. The molecule has 0 saturated carbocycles. The van der Waals surface area contributed by atoms with Crippen LogP contribution in [0.15, 0.2) is 0 Å². The number of aliphatic hydroxyl groups excluding tert-OH is 1. The van der Waals surface area contributed by atoms with Gasteiger partial charge < -0.3 is 10.4 Å². The maximum atomic E-state index is 9.51. The average molecular weight is 215 g/mol. The first-order chi connectivity index (χ1) is 6.95. The van der Waals surface area contributed by atoms with Crippen molar-refractivity contribution >= 4 is 0 Å². The molecule has 0 rings (SSSR count). The summed E-state index contributed by atoms with van der Waals surface area (Å²) in [5.41, 5.74) is 0. The number of hydrogen-bond acceptors (Lipinski definition) is 2. The van der Waals surface area contributed by atoms with Crippen LogP contribution in [0.2, 0.25) is 0 Å². The highest BCUT2D eigenvalue weighted by Crippen LogP contribution is 2.13. The summed E-state index contributed by atoms with van der Waals surface area (Å²) < 4.78 is 0. The first-order valence-electron chi connectivity index (χ1n) is 6.37. The average Bonchev–Trinajstić information content (AvgIpc) is 2.11. The Kier molecular flexibility index (Phi) is 8.07. The maximum absolute atomic E-state index is 9.51. The largest absolute Gasteiger partial charge is 0.392 e. The molecule has 2 N–H and O–H groups in total. The van der Waals surface area contributed by atoms with Crippen molar-refractivity contribution in [3.8, 4) is 0 Å². The summed E-state index contributed by atoms with van der Waals surface area (Å²) in [6.07, 6.45) is 3.05. The predicted molar refractivity (Wildman–Crippen MR) is 67.0 cm³/mol. The van der Waals surface area contributed by atoms with Gasteiger partial charge in [-0.3, -0.25) is 0 Å². The van der Waals surface area contributed by atoms with Crippen LogP contribution in [0.5, 0.6) is 0 Å². The number of rotatable bonds is 8. The second-order valence-electron chi connectivity index (χ2n) is 5.43. The molecular formula is C13H29NO. The zero-order valence-electron chi connectivity index (χ0n) is 11.1. The minimum Gasteiger partial charge on any atom is -0.392 e. The molecule has 0 aliphatic heterocycles. The van der Waals surface area contributed by atoms with Crippen molar-refractivity contribution in [1.29, 1.82) is 0 Å². The molecule has 1 unspecified atom stereocenters. The molecular weight excluding hydrogens is 186 g/mol. The Balaban J connectivity index is 3.89. The van der Waals surface area contributed by atoms with Gasteiger partial charge in [0.1, 0.15) is 0 Å². The maximum Gasteiger partial charge on any atom is 0.0662 e. The summed E-state index contributed by atoms with van der Waals surface area (Å²) in [5.74, 6) is 1.44. The summed E-state index contributed by atoms with van der Waals surface area (Å²) >= 11 is 0. The summed E-state index contributed by atoms with van der Waals surface area (Å²) in [7, 11) is 0. The first kappa shape index (κ1) is 14.9. The van der Waals surface area contributed by atoms with Crippen LogP contribution in [0.4, 0.5) is 0 Å². The molecule has 0 heterocycles. The first-order valence-corrected chi connectivity index (χ1v) is 6.37. The lowest BCUT2D eigenvalue weighted by Crippen LogP contribution is -2.37. The predicted octanol–water partition coefficient (Wildman–Crippen LogP) is 2.81. The van der Waals surface area contributed by atoms with Gasteiger partial charge in [-0.15, -0.1) is 0 Å². The fourth-order valence-corrected chi connectivity index (χ4v) is 1.85. The molecule has 0 aromatic carbocycles. The molecule has 0 spiro atoms. The van der Waals surface area contributed by atoms with Gasteiger partial charge in [0.25, 0.3) is 0 Å². The van der Waals surface area contributed by atoms with Crippen molar-refractivity contribution in [2.75, 3.05) is 6.54 Å². The lowest BCUT2D eigenvalue weighted by molar-refractivity contribution is 0.158. The molecule has 0 saturated heterocycles. The van der Waals surface area contributed by atoms with E-state index in [1.54, 1.807) is 0 Å². The van der Waals surface area contributed by atoms with Crippen molar-refractivity contribution in [3.05, 3.63) is 0 Å². The Hall–Kier alpha value is -0.0800. The molecule has 2 heteroatoms. The lowest BCUT2D eigenvalue weighted by Gasteiger charge is -2.23. The highest BCUT2D eigenvalue weighted by Gasteiger charge is 2.13. The summed E-state index contributed by atoms with van der Waals surface area (Å²) in [6.45, 7) is 11.8. The highest BCUT2D eigenvalue weighted by atomic mass is 16.3. The van der Waals surface area contributed by atoms with Crippen LogP contribution in [0.1, 0.15) is 53.9 Å². The third kappa shape index (κ3) is 8.88. The van der Waals surface area contributed by atoms with E-state index in [0.717, 1.165) is 24.8 Å². The zero-order valence-corrected chi connectivity index (χ0v) is 11.1. The van der Waals surface area contributed by atoms with Gasteiger partial charge >= 0.3 is 0 Å². The van der Waals surface area contributed by atoms with Crippen molar-refractivity contribution < 1.29 is 5.11 Å². The van der Waals surface area contributed by atoms with E-state index in [2.05, 4.69) is 33.0 Å². The molecule has 2 nitrogen and oxygen atoms in total. The van der Waals surface area contributed by atoms with Crippen LogP contribution in [0, 0.1) is 11.8 Å². The Labute approximate surface area is 95.5 Å². The highest BCUT2D eigenvalue weighted by molar-refractivity contribution is 4.72.